The number of thioether (sulfide) groups is 1. The Labute approximate surface area is 120 Å². The number of sulfonamides is 1. The van der Waals surface area contributed by atoms with Crippen molar-refractivity contribution < 1.29 is 21.6 Å². The lowest BCUT2D eigenvalue weighted by molar-refractivity contribution is -0.132. The number of benzene rings is 1. The molecule has 0 spiro atoms. The van der Waals surface area contributed by atoms with Gasteiger partial charge in [-0.25, -0.2) is 13.1 Å². The van der Waals surface area contributed by atoms with Gasteiger partial charge >= 0.3 is 6.18 Å². The molecule has 3 N–H and O–H groups in total. The Hall–Kier alpha value is -0.930. The Morgan fingerprint density at radius 2 is 2.00 bits per heavy atom. The third-order valence-corrected chi connectivity index (χ3v) is 4.85. The topological polar surface area (TPSA) is 72.2 Å². The van der Waals surface area contributed by atoms with Crippen molar-refractivity contribution in [3.05, 3.63) is 24.3 Å². The van der Waals surface area contributed by atoms with E-state index in [1.807, 2.05) is 4.72 Å². The summed E-state index contributed by atoms with van der Waals surface area (Å²) in [7, 11) is -3.69. The van der Waals surface area contributed by atoms with Crippen molar-refractivity contribution in [2.45, 2.75) is 17.5 Å². The molecule has 9 heteroatoms. The highest BCUT2D eigenvalue weighted by Crippen LogP contribution is 2.20. The molecule has 0 amide bonds. The maximum absolute atomic E-state index is 11.9. The maximum atomic E-state index is 11.9. The smallest absolute Gasteiger partial charge is 0.390 e. The zero-order chi connectivity index (χ0) is 15.2. The number of halogens is 3. The van der Waals surface area contributed by atoms with E-state index in [2.05, 4.69) is 0 Å². The molecule has 0 bridgehead atoms. The van der Waals surface area contributed by atoms with Crippen molar-refractivity contribution in [2.75, 3.05) is 23.8 Å². The third kappa shape index (κ3) is 7.61. The molecular weight excluding hydrogens is 313 g/mol. The van der Waals surface area contributed by atoms with Gasteiger partial charge in [-0.15, -0.1) is 11.8 Å². The second kappa shape index (κ2) is 7.19. The normalized spacial score (nSPS) is 12.6. The Kier molecular flexibility index (Phi) is 6.15. The number of rotatable bonds is 7. The van der Waals surface area contributed by atoms with Gasteiger partial charge in [0.15, 0.2) is 0 Å². The lowest BCUT2D eigenvalue weighted by Crippen LogP contribution is -2.30. The van der Waals surface area contributed by atoms with E-state index in [1.165, 1.54) is 11.8 Å². The molecule has 0 radical (unpaired) electrons. The molecule has 114 valence electrons. The number of anilines is 1. The molecule has 0 unspecified atom stereocenters. The van der Waals surface area contributed by atoms with Crippen molar-refractivity contribution in [3.63, 3.8) is 0 Å². The lowest BCUT2D eigenvalue weighted by atomic mass is 10.3. The first kappa shape index (κ1) is 17.1. The Morgan fingerprint density at radius 3 is 2.60 bits per heavy atom. The fourth-order valence-electron chi connectivity index (χ4n) is 1.29. The second-order valence-corrected chi connectivity index (χ2v) is 7.09. The molecule has 1 rings (SSSR count). The highest BCUT2D eigenvalue weighted by atomic mass is 32.2. The third-order valence-electron chi connectivity index (χ3n) is 2.21. The van der Waals surface area contributed by atoms with Crippen LogP contribution in [0.5, 0.6) is 0 Å². The monoisotopic (exact) mass is 328 g/mol. The molecule has 4 nitrogen and oxygen atoms in total. The molecule has 0 heterocycles. The summed E-state index contributed by atoms with van der Waals surface area (Å²) in [6, 6.07) is 6.94. The first-order valence-corrected chi connectivity index (χ1v) is 8.34. The van der Waals surface area contributed by atoms with E-state index in [4.69, 9.17) is 5.73 Å². The van der Waals surface area contributed by atoms with E-state index in [-0.39, 0.29) is 11.5 Å². The van der Waals surface area contributed by atoms with Crippen molar-refractivity contribution in [2.24, 2.45) is 0 Å². The van der Waals surface area contributed by atoms with Crippen LogP contribution in [0.15, 0.2) is 29.2 Å². The number of nitrogen functional groups attached to an aromatic ring is 1. The van der Waals surface area contributed by atoms with Crippen LogP contribution in [0.1, 0.15) is 6.42 Å². The van der Waals surface area contributed by atoms with Crippen molar-refractivity contribution in [1.82, 2.24) is 4.72 Å². The predicted molar refractivity (Wildman–Crippen MR) is 74.0 cm³/mol. The summed E-state index contributed by atoms with van der Waals surface area (Å²) >= 11 is 1.28. The average Bonchev–Trinajstić information content (AvgIpc) is 2.26. The Morgan fingerprint density at radius 1 is 1.30 bits per heavy atom. The summed E-state index contributed by atoms with van der Waals surface area (Å²) in [5.41, 5.74) is 6.14. The van der Waals surface area contributed by atoms with E-state index < -0.39 is 29.2 Å². The fourth-order valence-corrected chi connectivity index (χ4v) is 3.69. The Balaban J connectivity index is 2.33. The van der Waals surface area contributed by atoms with Gasteiger partial charge in [0.25, 0.3) is 0 Å². The minimum Gasteiger partial charge on any atom is -0.399 e. The van der Waals surface area contributed by atoms with E-state index >= 15 is 0 Å². The van der Waals surface area contributed by atoms with Crippen LogP contribution in [-0.2, 0) is 10.0 Å². The molecule has 0 aliphatic heterocycles. The average molecular weight is 328 g/mol. The number of nitrogens with two attached hydrogens (primary N) is 1. The van der Waals surface area contributed by atoms with Gasteiger partial charge in [0, 0.05) is 22.9 Å². The minimum absolute atomic E-state index is 0.241. The standard InChI is InChI=1S/C11H15F3N2O2S2/c12-11(13,14)4-5-16-20(17,18)7-6-19-10-3-1-2-9(15)8-10/h1-3,8,16H,4-7,15H2. The van der Waals surface area contributed by atoms with Crippen molar-refractivity contribution in [1.29, 1.82) is 0 Å². The van der Waals surface area contributed by atoms with E-state index in [9.17, 15) is 21.6 Å². The largest absolute Gasteiger partial charge is 0.399 e. The number of hydrogen-bond donors (Lipinski definition) is 2. The zero-order valence-electron chi connectivity index (χ0n) is 10.5. The van der Waals surface area contributed by atoms with Crippen molar-refractivity contribution >= 4 is 27.5 Å². The van der Waals surface area contributed by atoms with E-state index in [0.717, 1.165) is 4.90 Å². The second-order valence-electron chi connectivity index (χ2n) is 4.00. The Bertz CT molecular complexity index is 533. The highest BCUT2D eigenvalue weighted by Gasteiger charge is 2.27. The molecule has 0 saturated heterocycles. The molecular formula is C11H15F3N2O2S2. The molecule has 0 aromatic heterocycles. The molecule has 20 heavy (non-hydrogen) atoms. The first-order chi connectivity index (χ1) is 9.18. The summed E-state index contributed by atoms with van der Waals surface area (Å²) in [5, 5.41) is 0. The molecule has 1 aromatic carbocycles. The molecule has 1 aromatic rings. The van der Waals surface area contributed by atoms with Crippen LogP contribution < -0.4 is 10.5 Å². The van der Waals surface area contributed by atoms with Crippen LogP contribution in [-0.4, -0.2) is 32.6 Å². The van der Waals surface area contributed by atoms with Crippen LogP contribution in [0.3, 0.4) is 0 Å². The van der Waals surface area contributed by atoms with Gasteiger partial charge < -0.3 is 5.73 Å². The van der Waals surface area contributed by atoms with Crippen LogP contribution in [0.4, 0.5) is 18.9 Å². The van der Waals surface area contributed by atoms with Gasteiger partial charge in [0.1, 0.15) is 0 Å². The van der Waals surface area contributed by atoms with Gasteiger partial charge in [0.05, 0.1) is 12.2 Å². The fraction of sp³-hybridized carbons (Fsp3) is 0.455. The summed E-state index contributed by atoms with van der Waals surface area (Å²) < 4.78 is 60.5. The lowest BCUT2D eigenvalue weighted by Gasteiger charge is -2.08. The number of nitrogens with one attached hydrogen (secondary N) is 1. The van der Waals surface area contributed by atoms with E-state index in [1.54, 1.807) is 24.3 Å². The summed E-state index contributed by atoms with van der Waals surface area (Å²) in [6.45, 7) is -0.630. The molecule has 0 atom stereocenters. The first-order valence-electron chi connectivity index (χ1n) is 5.70. The summed E-state index contributed by atoms with van der Waals surface area (Å²) in [4.78, 5) is 0.815. The van der Waals surface area contributed by atoms with Crippen molar-refractivity contribution in [3.8, 4) is 0 Å². The van der Waals surface area contributed by atoms with Crippen LogP contribution in [0.25, 0.3) is 0 Å². The number of alkyl halides is 3. The van der Waals surface area contributed by atoms with E-state index in [0.29, 0.717) is 5.69 Å². The van der Waals surface area contributed by atoms with Gasteiger partial charge in [-0.1, -0.05) is 6.07 Å². The van der Waals surface area contributed by atoms with Crippen LogP contribution in [0, 0.1) is 0 Å². The van der Waals surface area contributed by atoms with Crippen LogP contribution >= 0.6 is 11.8 Å². The molecule has 0 aliphatic rings. The molecule has 0 saturated carbocycles. The van der Waals surface area contributed by atoms with Crippen LogP contribution in [0.2, 0.25) is 0 Å². The highest BCUT2D eigenvalue weighted by molar-refractivity contribution is 8.00. The summed E-state index contributed by atoms with van der Waals surface area (Å²) in [6.07, 6.45) is -5.53. The zero-order valence-corrected chi connectivity index (χ0v) is 12.1. The van der Waals surface area contributed by atoms with Gasteiger partial charge in [-0.05, 0) is 18.2 Å². The number of hydrogen-bond acceptors (Lipinski definition) is 4. The predicted octanol–water partition coefficient (Wildman–Crippen LogP) is 2.23. The SMILES string of the molecule is Nc1cccc(SCCS(=O)(=O)NCCC(F)(F)F)c1. The maximum Gasteiger partial charge on any atom is 0.390 e. The molecule has 0 fully saturated rings. The quantitative estimate of drug-likeness (QED) is 0.595. The van der Waals surface area contributed by atoms with Gasteiger partial charge in [-0.2, -0.15) is 13.2 Å². The molecule has 0 aliphatic carbocycles. The summed E-state index contributed by atoms with van der Waals surface area (Å²) in [5.74, 6) is -0.00483. The van der Waals surface area contributed by atoms with Gasteiger partial charge in [0.2, 0.25) is 10.0 Å². The van der Waals surface area contributed by atoms with Gasteiger partial charge in [-0.3, -0.25) is 0 Å². The minimum atomic E-state index is -4.36.